The Morgan fingerprint density at radius 1 is 0.905 bits per heavy atom. The average Bonchev–Trinajstić information content (AvgIpc) is 2.51. The van der Waals surface area contributed by atoms with Gasteiger partial charge < -0.3 is 5.11 Å². The van der Waals surface area contributed by atoms with Gasteiger partial charge in [0.2, 0.25) is 0 Å². The normalized spacial score (nSPS) is 12.6. The molecule has 0 spiro atoms. The molecule has 0 aliphatic rings. The zero-order valence-electron chi connectivity index (χ0n) is 10.7. The Balaban J connectivity index is 2.17. The minimum atomic E-state index is -1.59. The number of nitrogens with zero attached hydrogens (tertiary/aromatic N) is 1. The van der Waals surface area contributed by atoms with Crippen molar-refractivity contribution >= 4 is 10.8 Å². The van der Waals surface area contributed by atoms with E-state index in [9.17, 15) is 18.3 Å². The fourth-order valence-corrected chi connectivity index (χ4v) is 2.29. The lowest BCUT2D eigenvalue weighted by molar-refractivity contribution is 0.214. The summed E-state index contributed by atoms with van der Waals surface area (Å²) in [7, 11) is 0. The number of aliphatic hydroxyl groups excluding tert-OH is 1. The fourth-order valence-electron chi connectivity index (χ4n) is 2.29. The smallest absolute Gasteiger partial charge is 0.194 e. The predicted molar refractivity (Wildman–Crippen MR) is 72.1 cm³/mol. The van der Waals surface area contributed by atoms with Gasteiger partial charge in [0.1, 0.15) is 6.10 Å². The Labute approximate surface area is 118 Å². The van der Waals surface area contributed by atoms with Crippen molar-refractivity contribution in [2.75, 3.05) is 0 Å². The molecule has 0 radical (unpaired) electrons. The van der Waals surface area contributed by atoms with E-state index in [4.69, 9.17) is 0 Å². The van der Waals surface area contributed by atoms with Gasteiger partial charge in [-0.25, -0.2) is 13.2 Å². The van der Waals surface area contributed by atoms with Crippen LogP contribution in [0.2, 0.25) is 0 Å². The molecule has 1 heterocycles. The lowest BCUT2D eigenvalue weighted by Gasteiger charge is -2.15. The zero-order chi connectivity index (χ0) is 15.0. The van der Waals surface area contributed by atoms with Crippen LogP contribution in [0.25, 0.3) is 10.8 Å². The summed E-state index contributed by atoms with van der Waals surface area (Å²) >= 11 is 0. The van der Waals surface area contributed by atoms with E-state index in [1.165, 1.54) is 6.20 Å². The van der Waals surface area contributed by atoms with Gasteiger partial charge in [-0.05, 0) is 23.1 Å². The third kappa shape index (κ3) is 2.25. The van der Waals surface area contributed by atoms with E-state index in [1.807, 2.05) is 6.07 Å². The first-order chi connectivity index (χ1) is 10.1. The van der Waals surface area contributed by atoms with Crippen LogP contribution in [-0.2, 0) is 0 Å². The Morgan fingerprint density at radius 3 is 2.52 bits per heavy atom. The molecular formula is C16H10F3NO. The van der Waals surface area contributed by atoms with Crippen LogP contribution in [0.5, 0.6) is 0 Å². The summed E-state index contributed by atoms with van der Waals surface area (Å²) in [6, 6.07) is 8.67. The Hall–Kier alpha value is -2.40. The summed E-state index contributed by atoms with van der Waals surface area (Å²) < 4.78 is 40.1. The molecule has 5 heteroatoms. The Kier molecular flexibility index (Phi) is 3.35. The van der Waals surface area contributed by atoms with Crippen LogP contribution < -0.4 is 0 Å². The highest BCUT2D eigenvalue weighted by Gasteiger charge is 2.21. The summed E-state index contributed by atoms with van der Waals surface area (Å²) in [5, 5.41) is 11.8. The monoisotopic (exact) mass is 289 g/mol. The molecule has 3 rings (SSSR count). The van der Waals surface area contributed by atoms with Crippen molar-refractivity contribution in [1.29, 1.82) is 0 Å². The Bertz CT molecular complexity index is 814. The minimum Gasteiger partial charge on any atom is -0.384 e. The quantitative estimate of drug-likeness (QED) is 0.729. The third-order valence-corrected chi connectivity index (χ3v) is 3.37. The van der Waals surface area contributed by atoms with Crippen LogP contribution in [0.3, 0.4) is 0 Å². The van der Waals surface area contributed by atoms with Gasteiger partial charge >= 0.3 is 0 Å². The molecule has 0 bridgehead atoms. The van der Waals surface area contributed by atoms with Crippen LogP contribution in [0.1, 0.15) is 17.2 Å². The molecule has 1 unspecified atom stereocenters. The molecular weight excluding hydrogens is 279 g/mol. The standard InChI is InChI=1S/C16H10F3NO/c17-13-5-4-11(14(18)15(13)19)16(21)10-3-1-2-9-6-7-20-8-12(9)10/h1-8,16,21H. The van der Waals surface area contributed by atoms with E-state index in [-0.39, 0.29) is 5.56 Å². The van der Waals surface area contributed by atoms with Gasteiger partial charge in [-0.2, -0.15) is 0 Å². The number of fused-ring (bicyclic) bond motifs is 1. The highest BCUT2D eigenvalue weighted by atomic mass is 19.2. The highest BCUT2D eigenvalue weighted by Crippen LogP contribution is 2.31. The Morgan fingerprint density at radius 2 is 1.71 bits per heavy atom. The second kappa shape index (κ2) is 5.18. The number of benzene rings is 2. The molecule has 2 aromatic carbocycles. The zero-order valence-corrected chi connectivity index (χ0v) is 10.7. The highest BCUT2D eigenvalue weighted by molar-refractivity contribution is 5.85. The molecule has 2 nitrogen and oxygen atoms in total. The molecule has 1 N–H and O–H groups in total. The van der Waals surface area contributed by atoms with Crippen LogP contribution in [-0.4, -0.2) is 10.1 Å². The first-order valence-corrected chi connectivity index (χ1v) is 6.23. The molecule has 0 aliphatic carbocycles. The largest absolute Gasteiger partial charge is 0.384 e. The molecule has 0 fully saturated rings. The van der Waals surface area contributed by atoms with Crippen molar-refractivity contribution < 1.29 is 18.3 Å². The molecule has 1 atom stereocenters. The second-order valence-electron chi connectivity index (χ2n) is 4.61. The lowest BCUT2D eigenvalue weighted by atomic mass is 9.96. The number of hydrogen-bond donors (Lipinski definition) is 1. The van der Waals surface area contributed by atoms with E-state index >= 15 is 0 Å². The lowest BCUT2D eigenvalue weighted by Crippen LogP contribution is -2.06. The van der Waals surface area contributed by atoms with Crippen LogP contribution in [0, 0.1) is 17.5 Å². The maximum atomic E-state index is 13.8. The third-order valence-electron chi connectivity index (χ3n) is 3.37. The van der Waals surface area contributed by atoms with Crippen LogP contribution in [0.15, 0.2) is 48.8 Å². The summed E-state index contributed by atoms with van der Waals surface area (Å²) in [5.74, 6) is -4.27. The second-order valence-corrected chi connectivity index (χ2v) is 4.61. The topological polar surface area (TPSA) is 33.1 Å². The number of halogens is 3. The summed E-state index contributed by atoms with van der Waals surface area (Å²) in [5.41, 5.74) is 0.0655. The maximum absolute atomic E-state index is 13.8. The molecule has 0 saturated heterocycles. The number of hydrogen-bond acceptors (Lipinski definition) is 2. The molecule has 3 aromatic rings. The number of aromatic nitrogens is 1. The number of pyridine rings is 1. The first-order valence-electron chi connectivity index (χ1n) is 6.23. The van der Waals surface area contributed by atoms with Crippen molar-refractivity contribution in [3.05, 3.63) is 77.4 Å². The summed E-state index contributed by atoms with van der Waals surface area (Å²) in [4.78, 5) is 3.96. The van der Waals surface area contributed by atoms with Crippen molar-refractivity contribution in [3.63, 3.8) is 0 Å². The maximum Gasteiger partial charge on any atom is 0.194 e. The summed E-state index contributed by atoms with van der Waals surface area (Å²) in [6.07, 6.45) is 1.72. The molecule has 21 heavy (non-hydrogen) atoms. The number of aliphatic hydroxyl groups is 1. The van der Waals surface area contributed by atoms with Gasteiger partial charge in [-0.3, -0.25) is 4.98 Å². The van der Waals surface area contributed by atoms with Gasteiger partial charge in [0.15, 0.2) is 17.5 Å². The van der Waals surface area contributed by atoms with Gasteiger partial charge in [0.25, 0.3) is 0 Å². The molecule has 0 amide bonds. The van der Waals surface area contributed by atoms with E-state index in [0.717, 1.165) is 17.5 Å². The van der Waals surface area contributed by atoms with Crippen LogP contribution >= 0.6 is 0 Å². The van der Waals surface area contributed by atoms with Crippen molar-refractivity contribution in [2.24, 2.45) is 0 Å². The molecule has 1 aromatic heterocycles. The van der Waals surface area contributed by atoms with Crippen molar-refractivity contribution in [3.8, 4) is 0 Å². The van der Waals surface area contributed by atoms with Gasteiger partial charge in [-0.15, -0.1) is 0 Å². The van der Waals surface area contributed by atoms with Gasteiger partial charge in [0, 0.05) is 23.3 Å². The van der Waals surface area contributed by atoms with Gasteiger partial charge in [-0.1, -0.05) is 24.3 Å². The SMILES string of the molecule is OC(c1ccc(F)c(F)c1F)c1cccc2ccncc12. The van der Waals surface area contributed by atoms with Gasteiger partial charge in [0.05, 0.1) is 0 Å². The van der Waals surface area contributed by atoms with Crippen LogP contribution in [0.4, 0.5) is 13.2 Å². The molecule has 0 saturated carbocycles. The van der Waals surface area contributed by atoms with Crippen molar-refractivity contribution in [2.45, 2.75) is 6.10 Å². The van der Waals surface area contributed by atoms with E-state index in [1.54, 1.807) is 24.4 Å². The van der Waals surface area contributed by atoms with E-state index in [0.29, 0.717) is 10.9 Å². The van der Waals surface area contributed by atoms with E-state index < -0.39 is 23.6 Å². The minimum absolute atomic E-state index is 0.315. The summed E-state index contributed by atoms with van der Waals surface area (Å²) in [6.45, 7) is 0. The molecule has 0 aliphatic heterocycles. The first kappa shape index (κ1) is 13.6. The predicted octanol–water partition coefficient (Wildman–Crippen LogP) is 3.73. The fraction of sp³-hybridized carbons (Fsp3) is 0.0625. The van der Waals surface area contributed by atoms with Crippen molar-refractivity contribution in [1.82, 2.24) is 4.98 Å². The average molecular weight is 289 g/mol. The molecule has 106 valence electrons. The number of rotatable bonds is 2. The van der Waals surface area contributed by atoms with E-state index in [2.05, 4.69) is 4.98 Å².